The number of fused-ring (bicyclic) bond motifs is 1. The number of rotatable bonds is 4. The Morgan fingerprint density at radius 1 is 1.21 bits per heavy atom. The third kappa shape index (κ3) is 3.36. The fourth-order valence-electron chi connectivity index (χ4n) is 2.96. The summed E-state index contributed by atoms with van der Waals surface area (Å²) in [5, 5.41) is 0. The maximum absolute atomic E-state index is 13.5. The third-order valence-corrected chi connectivity index (χ3v) is 6.51. The Hall–Kier alpha value is -2.14. The first-order chi connectivity index (χ1) is 11.5. The van der Waals surface area contributed by atoms with E-state index in [1.165, 1.54) is 0 Å². The van der Waals surface area contributed by atoms with E-state index in [4.69, 9.17) is 4.74 Å². The van der Waals surface area contributed by atoms with Gasteiger partial charge >= 0.3 is 5.97 Å². The first-order valence-electron chi connectivity index (χ1n) is 8.08. The quantitative estimate of drug-likeness (QED) is 0.782. The van der Waals surface area contributed by atoms with Gasteiger partial charge in [0.15, 0.2) is 0 Å². The molecule has 126 valence electrons. The normalized spacial score (nSPS) is 22.3. The minimum atomic E-state index is -2.59. The molecule has 2 aromatic rings. The Kier molecular flexibility index (Phi) is 4.71. The molecule has 2 atom stereocenters. The fourth-order valence-corrected chi connectivity index (χ4v) is 5.22. The minimum absolute atomic E-state index is 0.147. The first-order valence-corrected chi connectivity index (χ1v) is 9.76. The number of nitrogens with zero attached hydrogens (tertiary/aromatic N) is 1. The summed E-state index contributed by atoms with van der Waals surface area (Å²) >= 11 is 0. The largest absolute Gasteiger partial charge is 0.466 e. The van der Waals surface area contributed by atoms with E-state index >= 15 is 0 Å². The van der Waals surface area contributed by atoms with Crippen LogP contribution in [0, 0.1) is 6.92 Å². The average Bonchev–Trinajstić information content (AvgIpc) is 2.55. The molecule has 1 heterocycles. The lowest BCUT2D eigenvalue weighted by Gasteiger charge is -2.25. The maximum atomic E-state index is 13.5. The number of carbonyl (C=O) groups is 1. The van der Waals surface area contributed by atoms with E-state index in [1.54, 1.807) is 6.92 Å². The molecule has 2 aromatic carbocycles. The Morgan fingerprint density at radius 2 is 1.92 bits per heavy atom. The predicted molar refractivity (Wildman–Crippen MR) is 95.0 cm³/mol. The summed E-state index contributed by atoms with van der Waals surface area (Å²) in [4.78, 5) is 12.7. The van der Waals surface area contributed by atoms with Crippen LogP contribution in [0.2, 0.25) is 0 Å². The molecule has 5 heteroatoms. The predicted octanol–water partition coefficient (Wildman–Crippen LogP) is 4.20. The average molecular weight is 343 g/mol. The van der Waals surface area contributed by atoms with Gasteiger partial charge in [-0.15, -0.1) is 0 Å². The molecular formula is C19H21NO3S. The highest BCUT2D eigenvalue weighted by atomic mass is 32.2. The Balaban J connectivity index is 2.03. The van der Waals surface area contributed by atoms with Crippen LogP contribution in [0.15, 0.2) is 57.8 Å². The second kappa shape index (κ2) is 6.77. The van der Waals surface area contributed by atoms with Crippen LogP contribution in [0.3, 0.4) is 0 Å². The Labute approximate surface area is 143 Å². The Morgan fingerprint density at radius 3 is 2.62 bits per heavy atom. The minimum Gasteiger partial charge on any atom is -0.466 e. The molecule has 0 aromatic heterocycles. The third-order valence-electron chi connectivity index (χ3n) is 4.16. The van der Waals surface area contributed by atoms with E-state index in [9.17, 15) is 9.00 Å². The monoisotopic (exact) mass is 343 g/mol. The molecule has 1 aliphatic rings. The van der Waals surface area contributed by atoms with Crippen molar-refractivity contribution in [2.75, 3.05) is 12.4 Å². The van der Waals surface area contributed by atoms with Crippen molar-refractivity contribution in [1.29, 1.82) is 0 Å². The van der Waals surface area contributed by atoms with Gasteiger partial charge in [-0.05, 0) is 37.6 Å². The van der Waals surface area contributed by atoms with Crippen molar-refractivity contribution in [3.05, 3.63) is 59.7 Å². The molecule has 1 aliphatic heterocycles. The van der Waals surface area contributed by atoms with Crippen LogP contribution >= 0.6 is 0 Å². The van der Waals surface area contributed by atoms with E-state index in [0.29, 0.717) is 18.0 Å². The van der Waals surface area contributed by atoms with Gasteiger partial charge < -0.3 is 4.74 Å². The first kappa shape index (κ1) is 16.7. The highest BCUT2D eigenvalue weighted by molar-refractivity contribution is 7.93. The van der Waals surface area contributed by atoms with Crippen molar-refractivity contribution in [3.8, 4) is 0 Å². The second-order valence-corrected chi connectivity index (χ2v) is 8.24. The molecular weight excluding hydrogens is 322 g/mol. The number of hydrogen-bond donors (Lipinski definition) is 0. The number of ether oxygens (including phenoxy) is 1. The number of carbonyl (C=O) groups excluding carboxylic acids is 1. The molecule has 24 heavy (non-hydrogen) atoms. The van der Waals surface area contributed by atoms with Crippen molar-refractivity contribution in [2.24, 2.45) is 4.36 Å². The van der Waals surface area contributed by atoms with Crippen molar-refractivity contribution >= 4 is 21.4 Å². The van der Waals surface area contributed by atoms with Crippen LogP contribution < -0.4 is 0 Å². The smallest absolute Gasteiger partial charge is 0.306 e. The molecule has 0 bridgehead atoms. The van der Waals surface area contributed by atoms with Gasteiger partial charge in [0.05, 0.1) is 28.4 Å². The van der Waals surface area contributed by atoms with Gasteiger partial charge in [-0.3, -0.25) is 4.79 Å². The number of hydrogen-bond acceptors (Lipinski definition) is 4. The zero-order chi connectivity index (χ0) is 17.2. The van der Waals surface area contributed by atoms with Gasteiger partial charge in [0.1, 0.15) is 0 Å². The Bertz CT molecular complexity index is 864. The van der Waals surface area contributed by atoms with Crippen LogP contribution in [0.1, 0.15) is 30.4 Å². The van der Waals surface area contributed by atoms with Gasteiger partial charge in [-0.25, -0.2) is 4.21 Å². The molecule has 0 N–H and O–H groups in total. The number of benzene rings is 2. The molecule has 3 rings (SSSR count). The summed E-state index contributed by atoms with van der Waals surface area (Å²) in [5.74, 6) is -0.0669. The van der Waals surface area contributed by atoms with E-state index in [1.807, 2.05) is 55.5 Å². The van der Waals surface area contributed by atoms with Gasteiger partial charge in [0, 0.05) is 16.6 Å². The molecule has 0 fully saturated rings. The molecule has 2 unspecified atom stereocenters. The molecule has 0 amide bonds. The molecule has 0 aliphatic carbocycles. The van der Waals surface area contributed by atoms with Gasteiger partial charge in [-0.2, -0.15) is 4.36 Å². The lowest BCUT2D eigenvalue weighted by Crippen LogP contribution is -2.22. The summed E-state index contributed by atoms with van der Waals surface area (Å²) in [7, 11) is -2.59. The van der Waals surface area contributed by atoms with Gasteiger partial charge in [0.25, 0.3) is 0 Å². The van der Waals surface area contributed by atoms with Crippen LogP contribution in [0.5, 0.6) is 0 Å². The molecule has 0 saturated heterocycles. The summed E-state index contributed by atoms with van der Waals surface area (Å²) < 4.78 is 23.2. The topological polar surface area (TPSA) is 55.7 Å². The van der Waals surface area contributed by atoms with Crippen LogP contribution in [0.25, 0.3) is 0 Å². The number of aryl methyl sites for hydroxylation is 1. The highest BCUT2D eigenvalue weighted by Gasteiger charge is 2.30. The number of esters is 1. The van der Waals surface area contributed by atoms with E-state index in [2.05, 4.69) is 4.36 Å². The molecule has 4 nitrogen and oxygen atoms in total. The maximum Gasteiger partial charge on any atom is 0.306 e. The van der Waals surface area contributed by atoms with Crippen molar-refractivity contribution in [3.63, 3.8) is 0 Å². The summed E-state index contributed by atoms with van der Waals surface area (Å²) in [6.07, 6.45) is 0.225. The zero-order valence-electron chi connectivity index (χ0n) is 13.9. The van der Waals surface area contributed by atoms with Crippen molar-refractivity contribution < 1.29 is 13.7 Å². The summed E-state index contributed by atoms with van der Waals surface area (Å²) in [6, 6.07) is 15.2. The van der Waals surface area contributed by atoms with Crippen LogP contribution in [-0.4, -0.2) is 22.5 Å². The molecule has 0 saturated carbocycles. The standard InChI is InChI=1S/C19H21NO3S/c1-3-23-19(21)12-15-13-24(22,16-10-8-14(2)9-11-16)20-18-7-5-4-6-17(15)18/h4-11,15H,3,12-13H2,1-2H3. The summed E-state index contributed by atoms with van der Waals surface area (Å²) in [5.41, 5.74) is 2.79. The lowest BCUT2D eigenvalue weighted by atomic mass is 9.96. The highest BCUT2D eigenvalue weighted by Crippen LogP contribution is 2.39. The van der Waals surface area contributed by atoms with Crippen LogP contribution in [0.4, 0.5) is 5.69 Å². The summed E-state index contributed by atoms with van der Waals surface area (Å²) in [6.45, 7) is 4.13. The van der Waals surface area contributed by atoms with E-state index in [0.717, 1.165) is 16.0 Å². The lowest BCUT2D eigenvalue weighted by molar-refractivity contribution is -0.143. The fraction of sp³-hybridized carbons (Fsp3) is 0.316. The van der Waals surface area contributed by atoms with Crippen molar-refractivity contribution in [2.45, 2.75) is 31.1 Å². The second-order valence-electron chi connectivity index (χ2n) is 5.98. The zero-order valence-corrected chi connectivity index (χ0v) is 14.7. The van der Waals surface area contributed by atoms with E-state index in [-0.39, 0.29) is 18.3 Å². The van der Waals surface area contributed by atoms with Crippen LogP contribution in [-0.2, 0) is 19.3 Å². The van der Waals surface area contributed by atoms with Gasteiger partial charge in [0.2, 0.25) is 0 Å². The van der Waals surface area contributed by atoms with E-state index < -0.39 is 9.73 Å². The van der Waals surface area contributed by atoms with Gasteiger partial charge in [-0.1, -0.05) is 35.9 Å². The molecule has 0 radical (unpaired) electrons. The molecule has 0 spiro atoms. The SMILES string of the molecule is CCOC(=O)CC1CS(=O)(c2ccc(C)cc2)=Nc2ccccc21. The van der Waals surface area contributed by atoms with Crippen molar-refractivity contribution in [1.82, 2.24) is 0 Å².